The van der Waals surface area contributed by atoms with Crippen LogP contribution in [0.1, 0.15) is 73.1 Å². The van der Waals surface area contributed by atoms with Crippen LogP contribution in [0.2, 0.25) is 0 Å². The molecule has 6 atom stereocenters. The van der Waals surface area contributed by atoms with Crippen LogP contribution in [0.3, 0.4) is 0 Å². The molecule has 2 heteroatoms. The predicted molar refractivity (Wildman–Crippen MR) is 84.8 cm³/mol. The van der Waals surface area contributed by atoms with Crippen molar-refractivity contribution in [1.82, 2.24) is 0 Å². The van der Waals surface area contributed by atoms with Gasteiger partial charge in [-0.25, -0.2) is 0 Å². The van der Waals surface area contributed by atoms with Gasteiger partial charge in [0.1, 0.15) is 5.60 Å². The summed E-state index contributed by atoms with van der Waals surface area (Å²) in [6.45, 7) is 11.0. The summed E-state index contributed by atoms with van der Waals surface area (Å²) in [5.74, 6) is 2.78. The molecule has 1 spiro atoms. The number of fused-ring (bicyclic) bond motifs is 1. The maximum Gasteiger partial charge on any atom is 0.309 e. The first-order valence-electron chi connectivity index (χ1n) is 9.03. The minimum atomic E-state index is -0.208. The van der Waals surface area contributed by atoms with Gasteiger partial charge in [-0.05, 0) is 74.5 Å². The van der Waals surface area contributed by atoms with Crippen LogP contribution < -0.4 is 0 Å². The minimum Gasteiger partial charge on any atom is -0.459 e. The predicted octanol–water partition coefficient (Wildman–Crippen LogP) is 4.82. The molecule has 21 heavy (non-hydrogen) atoms. The van der Waals surface area contributed by atoms with Crippen LogP contribution in [0.25, 0.3) is 0 Å². The van der Waals surface area contributed by atoms with E-state index in [1.165, 1.54) is 25.7 Å². The van der Waals surface area contributed by atoms with Crippen molar-refractivity contribution in [2.45, 2.75) is 78.7 Å². The molecule has 0 N–H and O–H groups in total. The van der Waals surface area contributed by atoms with Crippen LogP contribution in [-0.4, -0.2) is 11.6 Å². The van der Waals surface area contributed by atoms with Crippen LogP contribution in [0.15, 0.2) is 0 Å². The number of carbonyl (C=O) groups is 1. The molecule has 0 radical (unpaired) electrons. The van der Waals surface area contributed by atoms with Gasteiger partial charge < -0.3 is 4.74 Å². The van der Waals surface area contributed by atoms with Crippen molar-refractivity contribution < 1.29 is 9.53 Å². The van der Waals surface area contributed by atoms with Crippen LogP contribution in [-0.2, 0) is 9.53 Å². The number of hydrogen-bond acceptors (Lipinski definition) is 2. The van der Waals surface area contributed by atoms with E-state index in [2.05, 4.69) is 34.6 Å². The summed E-state index contributed by atoms with van der Waals surface area (Å²) in [6.07, 6.45) is 7.19. The molecule has 0 heterocycles. The van der Waals surface area contributed by atoms with E-state index in [4.69, 9.17) is 4.74 Å². The van der Waals surface area contributed by atoms with E-state index in [9.17, 15) is 4.79 Å². The van der Waals surface area contributed by atoms with Crippen LogP contribution >= 0.6 is 0 Å². The van der Waals surface area contributed by atoms with Gasteiger partial charge in [-0.15, -0.1) is 0 Å². The molecule has 3 rings (SSSR count). The molecule has 2 nitrogen and oxygen atoms in total. The third-order valence-corrected chi connectivity index (χ3v) is 6.99. The van der Waals surface area contributed by atoms with Crippen molar-refractivity contribution in [3.63, 3.8) is 0 Å². The van der Waals surface area contributed by atoms with Crippen molar-refractivity contribution in [3.05, 3.63) is 0 Å². The van der Waals surface area contributed by atoms with E-state index < -0.39 is 0 Å². The van der Waals surface area contributed by atoms with Gasteiger partial charge in [0.15, 0.2) is 0 Å². The fraction of sp³-hybridized carbons (Fsp3) is 0.947. The van der Waals surface area contributed by atoms with E-state index in [0.717, 1.165) is 18.8 Å². The van der Waals surface area contributed by atoms with Gasteiger partial charge in [0.2, 0.25) is 0 Å². The van der Waals surface area contributed by atoms with E-state index in [1.54, 1.807) is 0 Å². The monoisotopic (exact) mass is 292 g/mol. The summed E-state index contributed by atoms with van der Waals surface area (Å²) in [4.78, 5) is 12.7. The number of hydrogen-bond donors (Lipinski definition) is 0. The zero-order valence-corrected chi connectivity index (χ0v) is 14.4. The normalized spacial score (nSPS) is 45.3. The Bertz CT molecular complexity index is 429. The highest BCUT2D eigenvalue weighted by molar-refractivity contribution is 5.73. The standard InChI is InChI=1S/C19H32O2/c1-6-14(7-12(2)3)17(20)21-18(5)13(4)9-19-10-15(18)8-16(19)11-19/h12-16H,6-11H2,1-5H3. The number of ether oxygens (including phenoxy) is 1. The Kier molecular flexibility index (Phi) is 3.65. The first-order chi connectivity index (χ1) is 9.80. The Morgan fingerprint density at radius 3 is 2.52 bits per heavy atom. The van der Waals surface area contributed by atoms with Crippen LogP contribution in [0.4, 0.5) is 0 Å². The zero-order valence-electron chi connectivity index (χ0n) is 14.4. The van der Waals surface area contributed by atoms with Gasteiger partial charge in [-0.2, -0.15) is 0 Å². The van der Waals surface area contributed by atoms with Crippen LogP contribution in [0, 0.1) is 35.0 Å². The summed E-state index contributed by atoms with van der Waals surface area (Å²) in [7, 11) is 0. The van der Waals surface area contributed by atoms with Gasteiger partial charge in [0.25, 0.3) is 0 Å². The summed E-state index contributed by atoms with van der Waals surface area (Å²) in [5.41, 5.74) is 0.457. The Labute approximate surface area is 130 Å². The largest absolute Gasteiger partial charge is 0.459 e. The van der Waals surface area contributed by atoms with Gasteiger partial charge in [-0.1, -0.05) is 27.7 Å². The van der Waals surface area contributed by atoms with Gasteiger partial charge in [-0.3, -0.25) is 4.79 Å². The minimum absolute atomic E-state index is 0.0667. The molecule has 0 aliphatic heterocycles. The average Bonchev–Trinajstić information content (AvgIpc) is 2.95. The summed E-state index contributed by atoms with van der Waals surface area (Å²) in [5, 5.41) is 0. The topological polar surface area (TPSA) is 26.3 Å². The Morgan fingerprint density at radius 2 is 1.90 bits per heavy atom. The van der Waals surface area contributed by atoms with E-state index >= 15 is 0 Å². The molecule has 0 aromatic carbocycles. The van der Waals surface area contributed by atoms with Crippen LogP contribution in [0.5, 0.6) is 0 Å². The SMILES string of the molecule is CCC(CC(C)C)C(=O)OC1(C)C(C)CC23CC2CC1C3. The third kappa shape index (κ3) is 2.43. The molecular formula is C19H32O2. The molecule has 0 aromatic heterocycles. The molecule has 0 saturated heterocycles. The lowest BCUT2D eigenvalue weighted by Crippen LogP contribution is -2.49. The van der Waals surface area contributed by atoms with Crippen molar-refractivity contribution in [1.29, 1.82) is 0 Å². The second-order valence-corrected chi connectivity index (χ2v) is 8.85. The summed E-state index contributed by atoms with van der Waals surface area (Å²) < 4.78 is 6.20. The molecule has 0 amide bonds. The summed E-state index contributed by atoms with van der Waals surface area (Å²) >= 11 is 0. The quantitative estimate of drug-likeness (QED) is 0.679. The number of carbonyl (C=O) groups excluding carboxylic acids is 1. The van der Waals surface area contributed by atoms with E-state index in [-0.39, 0.29) is 17.5 Å². The third-order valence-electron chi connectivity index (χ3n) is 6.99. The van der Waals surface area contributed by atoms with Gasteiger partial charge >= 0.3 is 5.97 Å². The maximum atomic E-state index is 12.7. The Balaban J connectivity index is 1.69. The Hall–Kier alpha value is -0.530. The molecule has 3 saturated carbocycles. The highest BCUT2D eigenvalue weighted by atomic mass is 16.6. The van der Waals surface area contributed by atoms with Crippen molar-refractivity contribution >= 4 is 5.97 Å². The lowest BCUT2D eigenvalue weighted by molar-refractivity contribution is -0.182. The lowest BCUT2D eigenvalue weighted by atomic mass is 9.67. The smallest absolute Gasteiger partial charge is 0.309 e. The first kappa shape index (κ1) is 15.4. The molecule has 120 valence electrons. The van der Waals surface area contributed by atoms with Gasteiger partial charge in [0.05, 0.1) is 5.92 Å². The van der Waals surface area contributed by atoms with Crippen molar-refractivity contribution in [3.8, 4) is 0 Å². The van der Waals surface area contributed by atoms with Gasteiger partial charge in [0, 0.05) is 0 Å². The molecule has 2 bridgehead atoms. The first-order valence-corrected chi connectivity index (χ1v) is 9.03. The van der Waals surface area contributed by atoms with Crippen molar-refractivity contribution in [2.75, 3.05) is 0 Å². The molecule has 3 fully saturated rings. The molecule has 6 unspecified atom stereocenters. The zero-order chi connectivity index (χ0) is 15.4. The number of esters is 1. The fourth-order valence-electron chi connectivity index (χ4n) is 5.40. The maximum absolute atomic E-state index is 12.7. The van der Waals surface area contributed by atoms with E-state index in [1.807, 2.05) is 0 Å². The molecule has 0 aromatic rings. The lowest BCUT2D eigenvalue weighted by Gasteiger charge is -2.46. The highest BCUT2D eigenvalue weighted by Crippen LogP contribution is 2.74. The van der Waals surface area contributed by atoms with E-state index in [0.29, 0.717) is 23.2 Å². The number of rotatable bonds is 5. The average molecular weight is 292 g/mol. The van der Waals surface area contributed by atoms with Crippen molar-refractivity contribution in [2.24, 2.45) is 35.0 Å². The molecule has 3 aliphatic rings. The Morgan fingerprint density at radius 1 is 1.24 bits per heavy atom. The summed E-state index contributed by atoms with van der Waals surface area (Å²) in [6, 6.07) is 0. The molecule has 3 aliphatic carbocycles. The second kappa shape index (κ2) is 4.99. The molecular weight excluding hydrogens is 260 g/mol. The highest BCUT2D eigenvalue weighted by Gasteiger charge is 2.68. The second-order valence-electron chi connectivity index (χ2n) is 8.85. The fourth-order valence-corrected chi connectivity index (χ4v) is 5.40.